The first-order valence-corrected chi connectivity index (χ1v) is 7.27. The van der Waals surface area contributed by atoms with Crippen molar-refractivity contribution in [2.45, 2.75) is 26.3 Å². The highest BCUT2D eigenvalue weighted by atomic mass is 16.5. The van der Waals surface area contributed by atoms with Crippen LogP contribution in [0.2, 0.25) is 0 Å². The normalized spacial score (nSPS) is 12.7. The van der Waals surface area contributed by atoms with Crippen LogP contribution in [0.1, 0.15) is 30.6 Å². The highest BCUT2D eigenvalue weighted by Gasteiger charge is 2.27. The quantitative estimate of drug-likeness (QED) is 0.783. The van der Waals surface area contributed by atoms with E-state index in [0.717, 1.165) is 0 Å². The summed E-state index contributed by atoms with van der Waals surface area (Å²) < 4.78 is 9.38. The fraction of sp³-hybridized carbons (Fsp3) is 0.438. The highest BCUT2D eigenvalue weighted by Crippen LogP contribution is 2.16. The maximum absolute atomic E-state index is 12.1. The van der Waals surface area contributed by atoms with Gasteiger partial charge in [-0.1, -0.05) is 32.4 Å². The first-order chi connectivity index (χ1) is 10.9. The van der Waals surface area contributed by atoms with Crippen LogP contribution in [0.25, 0.3) is 0 Å². The third-order valence-electron chi connectivity index (χ3n) is 3.54. The van der Waals surface area contributed by atoms with E-state index >= 15 is 0 Å². The van der Waals surface area contributed by atoms with Crippen molar-refractivity contribution in [3.63, 3.8) is 0 Å². The number of benzene rings is 1. The van der Waals surface area contributed by atoms with Crippen LogP contribution >= 0.6 is 0 Å². The van der Waals surface area contributed by atoms with Gasteiger partial charge in [-0.15, -0.1) is 0 Å². The van der Waals surface area contributed by atoms with E-state index in [4.69, 9.17) is 4.74 Å². The summed E-state index contributed by atoms with van der Waals surface area (Å²) >= 11 is 0. The number of hydrogen-bond acceptors (Lipinski definition) is 5. The molecule has 7 nitrogen and oxygen atoms in total. The number of amides is 2. The zero-order valence-electron chi connectivity index (χ0n) is 13.7. The number of methoxy groups -OCH3 is 2. The van der Waals surface area contributed by atoms with Crippen LogP contribution < -0.4 is 10.6 Å². The van der Waals surface area contributed by atoms with Gasteiger partial charge in [0.1, 0.15) is 6.04 Å². The van der Waals surface area contributed by atoms with Gasteiger partial charge in [-0.05, 0) is 18.1 Å². The fourth-order valence-corrected chi connectivity index (χ4v) is 1.98. The van der Waals surface area contributed by atoms with Crippen LogP contribution in [0.3, 0.4) is 0 Å². The Kier molecular flexibility index (Phi) is 7.05. The minimum Gasteiger partial charge on any atom is -0.467 e. The number of urea groups is 1. The summed E-state index contributed by atoms with van der Waals surface area (Å²) in [5, 5.41) is 5.13. The van der Waals surface area contributed by atoms with Crippen molar-refractivity contribution < 1.29 is 23.9 Å². The smallest absolute Gasteiger partial charge is 0.339 e. The zero-order valence-corrected chi connectivity index (χ0v) is 13.7. The van der Waals surface area contributed by atoms with E-state index in [-0.39, 0.29) is 11.5 Å². The standard InChI is InChI=1S/C16H22N2O5/c1-5-10(2)13(15(20)23-4)18-16(21)17-12-9-7-6-8-11(12)14(19)22-3/h6-10,13H,5H2,1-4H3,(H2,17,18,21)/t10-,13-/m1/s1. The lowest BCUT2D eigenvalue weighted by Crippen LogP contribution is -2.47. The predicted molar refractivity (Wildman–Crippen MR) is 85.2 cm³/mol. The van der Waals surface area contributed by atoms with Crippen LogP contribution in [0.15, 0.2) is 24.3 Å². The van der Waals surface area contributed by atoms with Crippen LogP contribution in [0.5, 0.6) is 0 Å². The SMILES string of the molecule is CC[C@@H](C)[C@@H](NC(=O)Nc1ccccc1C(=O)OC)C(=O)OC. The molecule has 0 aromatic heterocycles. The summed E-state index contributed by atoms with van der Waals surface area (Å²) in [7, 11) is 2.53. The monoisotopic (exact) mass is 322 g/mol. The number of carbonyl (C=O) groups is 3. The van der Waals surface area contributed by atoms with Crippen LogP contribution in [-0.4, -0.2) is 38.2 Å². The van der Waals surface area contributed by atoms with Crippen LogP contribution in [-0.2, 0) is 14.3 Å². The number of nitrogens with one attached hydrogen (secondary N) is 2. The topological polar surface area (TPSA) is 93.7 Å². The van der Waals surface area contributed by atoms with Gasteiger partial charge in [0.25, 0.3) is 0 Å². The maximum Gasteiger partial charge on any atom is 0.339 e. The van der Waals surface area contributed by atoms with Gasteiger partial charge in [-0.2, -0.15) is 0 Å². The lowest BCUT2D eigenvalue weighted by atomic mass is 9.99. The molecule has 0 heterocycles. The third-order valence-corrected chi connectivity index (χ3v) is 3.54. The molecule has 0 saturated heterocycles. The molecule has 0 spiro atoms. The second kappa shape index (κ2) is 8.77. The number of esters is 2. The Bertz CT molecular complexity index is 573. The van der Waals surface area contributed by atoms with Gasteiger partial charge < -0.3 is 20.1 Å². The maximum atomic E-state index is 12.1. The summed E-state index contributed by atoms with van der Waals surface area (Å²) in [6.07, 6.45) is 0.693. The van der Waals surface area contributed by atoms with Gasteiger partial charge in [0, 0.05) is 0 Å². The lowest BCUT2D eigenvalue weighted by Gasteiger charge is -2.22. The average molecular weight is 322 g/mol. The fourth-order valence-electron chi connectivity index (χ4n) is 1.98. The Hall–Kier alpha value is -2.57. The molecule has 2 amide bonds. The molecule has 2 N–H and O–H groups in total. The van der Waals surface area contributed by atoms with Crippen LogP contribution in [0.4, 0.5) is 10.5 Å². The molecule has 0 aliphatic heterocycles. The van der Waals surface area contributed by atoms with Crippen molar-refractivity contribution in [3.05, 3.63) is 29.8 Å². The molecule has 0 unspecified atom stereocenters. The van der Waals surface area contributed by atoms with Gasteiger partial charge in [0.2, 0.25) is 0 Å². The zero-order chi connectivity index (χ0) is 17.4. The largest absolute Gasteiger partial charge is 0.467 e. The molecule has 1 aromatic rings. The Morgan fingerprint density at radius 2 is 1.78 bits per heavy atom. The molecule has 1 aromatic carbocycles. The van der Waals surface area contributed by atoms with E-state index in [1.54, 1.807) is 18.2 Å². The van der Waals surface area contributed by atoms with Gasteiger partial charge in [-0.3, -0.25) is 0 Å². The van der Waals surface area contributed by atoms with Crippen molar-refractivity contribution >= 4 is 23.7 Å². The van der Waals surface area contributed by atoms with E-state index < -0.39 is 24.0 Å². The summed E-state index contributed by atoms with van der Waals surface area (Å²) in [5.41, 5.74) is 0.521. The van der Waals surface area contributed by atoms with Gasteiger partial charge in [0.05, 0.1) is 25.5 Å². The lowest BCUT2D eigenvalue weighted by molar-refractivity contribution is -0.144. The molecule has 0 bridgehead atoms. The van der Waals surface area contributed by atoms with Gasteiger partial charge in [-0.25, -0.2) is 14.4 Å². The van der Waals surface area contributed by atoms with E-state index in [1.165, 1.54) is 20.3 Å². The molecular weight excluding hydrogens is 300 g/mol. The van der Waals surface area contributed by atoms with E-state index in [1.807, 2.05) is 13.8 Å². The number of ether oxygens (including phenoxy) is 2. The molecular formula is C16H22N2O5. The number of para-hydroxylation sites is 1. The number of anilines is 1. The summed E-state index contributed by atoms with van der Waals surface area (Å²) in [6, 6.07) is 5.07. The minimum atomic E-state index is -0.768. The van der Waals surface area contributed by atoms with Crippen molar-refractivity contribution in [2.75, 3.05) is 19.5 Å². The summed E-state index contributed by atoms with van der Waals surface area (Å²) in [5.74, 6) is -1.17. The van der Waals surface area contributed by atoms with Crippen LogP contribution in [0, 0.1) is 5.92 Å². The van der Waals surface area contributed by atoms with Crippen molar-refractivity contribution in [1.29, 1.82) is 0 Å². The molecule has 126 valence electrons. The Labute approximate surface area is 135 Å². The van der Waals surface area contributed by atoms with Crippen molar-refractivity contribution in [3.8, 4) is 0 Å². The third kappa shape index (κ3) is 4.98. The van der Waals surface area contributed by atoms with Crippen molar-refractivity contribution in [2.24, 2.45) is 5.92 Å². The molecule has 0 aliphatic carbocycles. The first-order valence-electron chi connectivity index (χ1n) is 7.27. The summed E-state index contributed by atoms with van der Waals surface area (Å²) in [6.45, 7) is 3.75. The molecule has 2 atom stereocenters. The molecule has 0 aliphatic rings. The minimum absolute atomic E-state index is 0.0935. The predicted octanol–water partition coefficient (Wildman–Crippen LogP) is 2.18. The molecule has 0 fully saturated rings. The van der Waals surface area contributed by atoms with Crippen molar-refractivity contribution in [1.82, 2.24) is 5.32 Å². The second-order valence-corrected chi connectivity index (χ2v) is 5.02. The Balaban J connectivity index is 2.87. The first kappa shape index (κ1) is 18.5. The number of carbonyl (C=O) groups excluding carboxylic acids is 3. The van der Waals surface area contributed by atoms with Gasteiger partial charge in [0.15, 0.2) is 0 Å². The van der Waals surface area contributed by atoms with E-state index in [9.17, 15) is 14.4 Å². The number of rotatable bonds is 6. The average Bonchev–Trinajstić information content (AvgIpc) is 2.58. The van der Waals surface area contributed by atoms with Gasteiger partial charge >= 0.3 is 18.0 Å². The van der Waals surface area contributed by atoms with E-state index in [0.29, 0.717) is 12.1 Å². The molecule has 7 heteroatoms. The van der Waals surface area contributed by atoms with E-state index in [2.05, 4.69) is 15.4 Å². The molecule has 0 radical (unpaired) electrons. The molecule has 1 rings (SSSR count). The molecule has 0 saturated carbocycles. The Morgan fingerprint density at radius 1 is 1.13 bits per heavy atom. The second-order valence-electron chi connectivity index (χ2n) is 5.02. The number of hydrogen-bond donors (Lipinski definition) is 2. The summed E-state index contributed by atoms with van der Waals surface area (Å²) in [4.78, 5) is 35.6. The Morgan fingerprint density at radius 3 is 2.35 bits per heavy atom. The molecule has 23 heavy (non-hydrogen) atoms. The highest BCUT2D eigenvalue weighted by molar-refractivity contribution is 6.01.